The van der Waals surface area contributed by atoms with Crippen molar-refractivity contribution in [3.63, 3.8) is 0 Å². The number of methoxy groups -OCH3 is 1. The lowest BCUT2D eigenvalue weighted by atomic mass is 9.99. The van der Waals surface area contributed by atoms with Gasteiger partial charge in [0, 0.05) is 30.5 Å². The fourth-order valence-electron chi connectivity index (χ4n) is 4.31. The van der Waals surface area contributed by atoms with Crippen LogP contribution in [0.1, 0.15) is 16.8 Å². The standard InChI is InChI=1S/C28H34ClFN6O8/c1-42-20-13-34-25(16-11-15(29)3-4-18(16)30)36-26(20)35-19-5-8-32-12-17(19)27(41)33-7-2-6-31-9-10-43-28-24(40)23(39)22(38)21(14-37)44-28/h3-5,8,11-13,21-24,28,31,37-40H,2,6-7,9-10,14H2,1H3,(H,33,41)(H,32,34,35,36)/t21-,22+,23+,24-,28+/m1/s1. The Morgan fingerprint density at radius 2 is 1.93 bits per heavy atom. The minimum Gasteiger partial charge on any atom is -0.491 e. The molecule has 3 aromatic rings. The van der Waals surface area contributed by atoms with E-state index in [1.54, 1.807) is 6.07 Å². The fourth-order valence-corrected chi connectivity index (χ4v) is 4.48. The number of aliphatic hydroxyl groups is 4. The summed E-state index contributed by atoms with van der Waals surface area (Å²) in [6.07, 6.45) is -1.79. The van der Waals surface area contributed by atoms with Gasteiger partial charge in [0.15, 0.2) is 23.7 Å². The number of hydrogen-bond donors (Lipinski definition) is 7. The number of aromatic nitrogens is 3. The second kappa shape index (κ2) is 16.0. The normalized spacial score (nSPS) is 21.6. The molecule has 0 radical (unpaired) electrons. The van der Waals surface area contributed by atoms with E-state index in [1.807, 2.05) is 0 Å². The zero-order chi connectivity index (χ0) is 31.6. The van der Waals surface area contributed by atoms with Gasteiger partial charge in [-0.1, -0.05) is 11.6 Å². The van der Waals surface area contributed by atoms with Gasteiger partial charge >= 0.3 is 0 Å². The van der Waals surface area contributed by atoms with Crippen molar-refractivity contribution >= 4 is 29.0 Å². The molecular weight excluding hydrogens is 603 g/mol. The molecule has 3 heterocycles. The molecule has 238 valence electrons. The summed E-state index contributed by atoms with van der Waals surface area (Å²) in [6.45, 7) is 0.825. The first-order chi connectivity index (χ1) is 21.2. The zero-order valence-corrected chi connectivity index (χ0v) is 24.4. The largest absolute Gasteiger partial charge is 0.491 e. The van der Waals surface area contributed by atoms with Crippen LogP contribution in [0.4, 0.5) is 15.9 Å². The van der Waals surface area contributed by atoms with Gasteiger partial charge in [0.25, 0.3) is 5.91 Å². The third-order valence-electron chi connectivity index (χ3n) is 6.69. The Morgan fingerprint density at radius 1 is 1.11 bits per heavy atom. The van der Waals surface area contributed by atoms with Crippen molar-refractivity contribution in [1.29, 1.82) is 0 Å². The molecule has 4 rings (SSSR count). The van der Waals surface area contributed by atoms with Gasteiger partial charge in [0.05, 0.1) is 43.3 Å². The number of amides is 1. The van der Waals surface area contributed by atoms with Crippen LogP contribution in [0.15, 0.2) is 42.9 Å². The van der Waals surface area contributed by atoms with Gasteiger partial charge in [-0.3, -0.25) is 9.78 Å². The molecule has 2 aromatic heterocycles. The zero-order valence-electron chi connectivity index (χ0n) is 23.7. The molecule has 1 aliphatic rings. The fraction of sp³-hybridized carbons (Fsp3) is 0.429. The molecule has 0 bridgehead atoms. The van der Waals surface area contributed by atoms with Crippen LogP contribution in [-0.4, -0.2) is 112 Å². The lowest BCUT2D eigenvalue weighted by molar-refractivity contribution is -0.300. The minimum atomic E-state index is -1.50. The molecule has 1 fully saturated rings. The summed E-state index contributed by atoms with van der Waals surface area (Å²) in [5.74, 6) is -0.404. The molecule has 1 saturated heterocycles. The molecule has 1 aliphatic heterocycles. The Labute approximate surface area is 257 Å². The number of carbonyl (C=O) groups is 1. The van der Waals surface area contributed by atoms with Gasteiger partial charge in [-0.05, 0) is 37.2 Å². The maximum absolute atomic E-state index is 14.4. The van der Waals surface area contributed by atoms with Crippen LogP contribution in [0.25, 0.3) is 11.4 Å². The van der Waals surface area contributed by atoms with E-state index in [9.17, 15) is 29.6 Å². The first kappa shape index (κ1) is 33.4. The van der Waals surface area contributed by atoms with Crippen LogP contribution in [0.2, 0.25) is 5.02 Å². The highest BCUT2D eigenvalue weighted by Crippen LogP contribution is 2.30. The van der Waals surface area contributed by atoms with Crippen molar-refractivity contribution in [2.24, 2.45) is 0 Å². The monoisotopic (exact) mass is 636 g/mol. The highest BCUT2D eigenvalue weighted by atomic mass is 35.5. The lowest BCUT2D eigenvalue weighted by Crippen LogP contribution is -2.59. The molecule has 16 heteroatoms. The predicted molar refractivity (Wildman–Crippen MR) is 156 cm³/mol. The molecule has 1 amide bonds. The van der Waals surface area contributed by atoms with E-state index in [4.69, 9.17) is 25.8 Å². The van der Waals surface area contributed by atoms with Crippen LogP contribution in [0.3, 0.4) is 0 Å². The third-order valence-corrected chi connectivity index (χ3v) is 6.92. The van der Waals surface area contributed by atoms with Crippen molar-refractivity contribution in [2.45, 2.75) is 37.1 Å². The second-order valence-electron chi connectivity index (χ2n) is 9.71. The van der Waals surface area contributed by atoms with Crippen LogP contribution in [0.5, 0.6) is 5.75 Å². The molecule has 44 heavy (non-hydrogen) atoms. The van der Waals surface area contributed by atoms with E-state index in [0.717, 1.165) is 0 Å². The Bertz CT molecular complexity index is 1410. The summed E-state index contributed by atoms with van der Waals surface area (Å²) >= 11 is 6.03. The summed E-state index contributed by atoms with van der Waals surface area (Å²) in [5.41, 5.74) is 0.727. The van der Waals surface area contributed by atoms with E-state index in [1.165, 1.54) is 43.9 Å². The van der Waals surface area contributed by atoms with E-state index in [0.29, 0.717) is 36.8 Å². The maximum Gasteiger partial charge on any atom is 0.254 e. The molecule has 0 unspecified atom stereocenters. The Balaban J connectivity index is 1.26. The lowest BCUT2D eigenvalue weighted by Gasteiger charge is -2.39. The highest BCUT2D eigenvalue weighted by molar-refractivity contribution is 6.30. The number of halogens is 2. The van der Waals surface area contributed by atoms with Crippen molar-refractivity contribution in [1.82, 2.24) is 25.6 Å². The average Bonchev–Trinajstić information content (AvgIpc) is 3.03. The van der Waals surface area contributed by atoms with Gasteiger partial charge in [0.1, 0.15) is 30.2 Å². The summed E-state index contributed by atoms with van der Waals surface area (Å²) in [7, 11) is 1.43. The van der Waals surface area contributed by atoms with Gasteiger partial charge in [-0.15, -0.1) is 0 Å². The number of nitrogens with one attached hydrogen (secondary N) is 3. The summed E-state index contributed by atoms with van der Waals surface area (Å²) in [5, 5.41) is 48.2. The number of ether oxygens (including phenoxy) is 3. The number of aliphatic hydroxyl groups excluding tert-OH is 4. The van der Waals surface area contributed by atoms with Gasteiger partial charge in [-0.25, -0.2) is 14.4 Å². The van der Waals surface area contributed by atoms with E-state index in [-0.39, 0.29) is 41.0 Å². The van der Waals surface area contributed by atoms with E-state index < -0.39 is 43.1 Å². The SMILES string of the molecule is COc1cnc(-c2cc(Cl)ccc2F)nc1Nc1ccncc1C(=O)NCCCNCCO[C@H]1O[C@H](CO)[C@H](O)[C@H](O)[C@H]1O. The van der Waals surface area contributed by atoms with Crippen LogP contribution in [0, 0.1) is 5.82 Å². The number of hydrogen-bond acceptors (Lipinski definition) is 13. The number of carbonyl (C=O) groups excluding carboxylic acids is 1. The molecule has 0 aliphatic carbocycles. The topological polar surface area (TPSA) is 200 Å². The third kappa shape index (κ3) is 8.34. The van der Waals surface area contributed by atoms with Crippen LogP contribution < -0.4 is 20.7 Å². The van der Waals surface area contributed by atoms with Gasteiger partial charge < -0.3 is 50.6 Å². The molecule has 0 saturated carbocycles. The highest BCUT2D eigenvalue weighted by Gasteiger charge is 2.43. The predicted octanol–water partition coefficient (Wildman–Crippen LogP) is 0.609. The second-order valence-corrected chi connectivity index (χ2v) is 10.1. The first-order valence-corrected chi connectivity index (χ1v) is 14.1. The number of pyridine rings is 1. The van der Waals surface area contributed by atoms with Crippen molar-refractivity contribution < 1.29 is 43.8 Å². The number of nitrogens with zero attached hydrogens (tertiary/aromatic N) is 3. The van der Waals surface area contributed by atoms with Gasteiger partial charge in [0.2, 0.25) is 0 Å². The molecule has 14 nitrogen and oxygen atoms in total. The summed E-state index contributed by atoms with van der Waals surface area (Å²) < 4.78 is 30.5. The molecule has 0 spiro atoms. The Morgan fingerprint density at radius 3 is 2.70 bits per heavy atom. The van der Waals surface area contributed by atoms with Crippen molar-refractivity contribution in [3.05, 3.63) is 59.3 Å². The number of anilines is 2. The summed E-state index contributed by atoms with van der Waals surface area (Å²) in [6, 6.07) is 5.64. The summed E-state index contributed by atoms with van der Waals surface area (Å²) in [4.78, 5) is 25.6. The van der Waals surface area contributed by atoms with Crippen molar-refractivity contribution in [3.8, 4) is 17.1 Å². The molecule has 7 N–H and O–H groups in total. The van der Waals surface area contributed by atoms with E-state index >= 15 is 0 Å². The van der Waals surface area contributed by atoms with Crippen LogP contribution >= 0.6 is 11.6 Å². The minimum absolute atomic E-state index is 0.0689. The molecular formula is C28H34ClFN6O8. The van der Waals surface area contributed by atoms with E-state index in [2.05, 4.69) is 30.9 Å². The smallest absolute Gasteiger partial charge is 0.254 e. The maximum atomic E-state index is 14.4. The average molecular weight is 637 g/mol. The molecule has 1 aromatic carbocycles. The van der Waals surface area contributed by atoms with Gasteiger partial charge in [-0.2, -0.15) is 0 Å². The quantitative estimate of drug-likeness (QED) is 0.122. The van der Waals surface area contributed by atoms with Crippen molar-refractivity contribution in [2.75, 3.05) is 45.3 Å². The first-order valence-electron chi connectivity index (χ1n) is 13.7. The Kier molecular flexibility index (Phi) is 12.1. The molecule has 5 atom stereocenters. The Hall–Kier alpha value is -3.54. The number of rotatable bonds is 14. The van der Waals surface area contributed by atoms with Crippen LogP contribution in [-0.2, 0) is 9.47 Å². The number of benzene rings is 1.